The Hall–Kier alpha value is -2.48. The summed E-state index contributed by atoms with van der Waals surface area (Å²) >= 11 is 3.46. The van der Waals surface area contributed by atoms with Crippen LogP contribution in [0.25, 0.3) is 0 Å². The molecule has 2 aromatic carbocycles. The number of benzene rings is 2. The molecule has 6 nitrogen and oxygen atoms in total. The van der Waals surface area contributed by atoms with Crippen molar-refractivity contribution in [2.24, 2.45) is 5.92 Å². The van der Waals surface area contributed by atoms with Gasteiger partial charge in [0.1, 0.15) is 0 Å². The highest BCUT2D eigenvalue weighted by atomic mass is 79.9. The Labute approximate surface area is 202 Å². The van der Waals surface area contributed by atoms with Crippen LogP contribution in [-0.2, 0) is 21.7 Å². The largest absolute Gasteiger partial charge is 0.396 e. The lowest BCUT2D eigenvalue weighted by Gasteiger charge is -2.28. The molecule has 2 N–H and O–H groups in total. The highest BCUT2D eigenvalue weighted by Gasteiger charge is 2.52. The van der Waals surface area contributed by atoms with Crippen LogP contribution in [0.15, 0.2) is 59.1 Å². The number of carbonyl (C=O) groups is 2. The van der Waals surface area contributed by atoms with Crippen LogP contribution in [0.2, 0.25) is 0 Å². The van der Waals surface area contributed by atoms with Crippen LogP contribution in [0.3, 0.4) is 0 Å². The molecule has 2 aliphatic heterocycles. The highest BCUT2D eigenvalue weighted by Crippen LogP contribution is 2.46. The van der Waals surface area contributed by atoms with Crippen molar-refractivity contribution in [3.63, 3.8) is 0 Å². The lowest BCUT2D eigenvalue weighted by atomic mass is 9.83. The maximum atomic E-state index is 13.6. The van der Waals surface area contributed by atoms with E-state index in [1.54, 1.807) is 23.1 Å². The first-order valence-electron chi connectivity index (χ1n) is 11.4. The highest BCUT2D eigenvalue weighted by molar-refractivity contribution is 9.10. The number of aliphatic hydroxyl groups excluding tert-OH is 1. The topological polar surface area (TPSA) is 81.1 Å². The minimum atomic E-state index is -1.69. The van der Waals surface area contributed by atoms with Crippen molar-refractivity contribution < 1.29 is 19.8 Å². The summed E-state index contributed by atoms with van der Waals surface area (Å²) in [5.74, 6) is -0.689. The zero-order valence-electron chi connectivity index (χ0n) is 18.7. The van der Waals surface area contributed by atoms with Crippen molar-refractivity contribution in [1.82, 2.24) is 0 Å². The normalized spacial score (nSPS) is 21.7. The van der Waals surface area contributed by atoms with E-state index in [1.807, 2.05) is 48.2 Å². The molecule has 4 rings (SSSR count). The number of aliphatic hydroxyl groups is 2. The molecule has 0 radical (unpaired) electrons. The van der Waals surface area contributed by atoms with E-state index in [-0.39, 0.29) is 18.4 Å². The smallest absolute Gasteiger partial charge is 0.264 e. The van der Waals surface area contributed by atoms with E-state index in [0.29, 0.717) is 30.6 Å². The van der Waals surface area contributed by atoms with E-state index in [2.05, 4.69) is 15.9 Å². The fraction of sp³-hybridized carbons (Fsp3) is 0.385. The van der Waals surface area contributed by atoms with Crippen LogP contribution < -0.4 is 9.80 Å². The molecule has 2 heterocycles. The number of carbonyl (C=O) groups excluding carboxylic acids is 2. The molecule has 1 fully saturated rings. The van der Waals surface area contributed by atoms with E-state index >= 15 is 0 Å². The molecular formula is C26H29BrN2O4. The predicted molar refractivity (Wildman–Crippen MR) is 132 cm³/mol. The summed E-state index contributed by atoms with van der Waals surface area (Å²) in [5, 5.41) is 20.7. The molecule has 0 unspecified atom stereocenters. The van der Waals surface area contributed by atoms with Gasteiger partial charge in [-0.15, -0.1) is 0 Å². The van der Waals surface area contributed by atoms with Gasteiger partial charge in [-0.25, -0.2) is 0 Å². The van der Waals surface area contributed by atoms with Gasteiger partial charge in [-0.1, -0.05) is 47.1 Å². The molecule has 0 saturated carbocycles. The second-order valence-electron chi connectivity index (χ2n) is 8.72. The quantitative estimate of drug-likeness (QED) is 0.542. The molecule has 33 heavy (non-hydrogen) atoms. The van der Waals surface area contributed by atoms with Gasteiger partial charge in [0, 0.05) is 41.2 Å². The lowest BCUT2D eigenvalue weighted by molar-refractivity contribution is -0.139. The number of rotatable bonds is 7. The third-order valence-electron chi connectivity index (χ3n) is 6.52. The van der Waals surface area contributed by atoms with Crippen LogP contribution in [-0.4, -0.2) is 35.2 Å². The molecule has 2 aliphatic rings. The van der Waals surface area contributed by atoms with Gasteiger partial charge in [-0.3, -0.25) is 9.59 Å². The molecule has 1 saturated heterocycles. The second kappa shape index (κ2) is 9.79. The van der Waals surface area contributed by atoms with Gasteiger partial charge in [-0.2, -0.15) is 0 Å². The minimum Gasteiger partial charge on any atom is -0.396 e. The first-order chi connectivity index (χ1) is 15.9. The zero-order valence-corrected chi connectivity index (χ0v) is 20.3. The SMILES string of the molecule is C[C@H](/C=C/CCO)[C@@]1(O)C(=O)N(Cc2ccc(N3CCCCC3=O)cc2)c2ccc(Br)cc21. The molecule has 2 atom stereocenters. The Morgan fingerprint density at radius 1 is 1.15 bits per heavy atom. The Balaban J connectivity index is 1.61. The fourth-order valence-electron chi connectivity index (χ4n) is 4.63. The Kier molecular flexibility index (Phi) is 7.02. The Bertz CT molecular complexity index is 1070. The fourth-order valence-corrected chi connectivity index (χ4v) is 4.99. The maximum Gasteiger partial charge on any atom is 0.264 e. The van der Waals surface area contributed by atoms with E-state index in [9.17, 15) is 14.7 Å². The van der Waals surface area contributed by atoms with Gasteiger partial charge in [0.25, 0.3) is 5.91 Å². The predicted octanol–water partition coefficient (Wildman–Crippen LogP) is 4.28. The van der Waals surface area contributed by atoms with Crippen molar-refractivity contribution in [2.75, 3.05) is 23.0 Å². The summed E-state index contributed by atoms with van der Waals surface area (Å²) in [7, 11) is 0. The van der Waals surface area contributed by atoms with Crippen LogP contribution in [0.4, 0.5) is 11.4 Å². The van der Waals surface area contributed by atoms with E-state index in [1.165, 1.54) is 0 Å². The summed E-state index contributed by atoms with van der Waals surface area (Å²) in [6.45, 7) is 2.88. The average Bonchev–Trinajstić information content (AvgIpc) is 3.02. The van der Waals surface area contributed by atoms with Crippen LogP contribution in [0.1, 0.15) is 43.7 Å². The Morgan fingerprint density at radius 3 is 2.61 bits per heavy atom. The number of fused-ring (bicyclic) bond motifs is 1. The molecule has 2 aromatic rings. The first kappa shape index (κ1) is 23.7. The lowest BCUT2D eigenvalue weighted by Crippen LogP contribution is -2.44. The van der Waals surface area contributed by atoms with Crippen molar-refractivity contribution >= 4 is 39.1 Å². The van der Waals surface area contributed by atoms with Gasteiger partial charge in [0.2, 0.25) is 5.91 Å². The second-order valence-corrected chi connectivity index (χ2v) is 9.63. The molecule has 7 heteroatoms. The number of hydrogen-bond donors (Lipinski definition) is 2. The Morgan fingerprint density at radius 2 is 1.91 bits per heavy atom. The maximum absolute atomic E-state index is 13.6. The van der Waals surface area contributed by atoms with Crippen molar-refractivity contribution in [1.29, 1.82) is 0 Å². The molecule has 0 aliphatic carbocycles. The van der Waals surface area contributed by atoms with Crippen LogP contribution in [0.5, 0.6) is 0 Å². The molecular weight excluding hydrogens is 484 g/mol. The molecule has 0 bridgehead atoms. The standard InChI is InChI=1S/C26H29BrN2O4/c1-18(6-3-5-15-30)26(33)22-16-20(27)10-13-23(22)29(25(26)32)17-19-8-11-21(12-9-19)28-14-4-2-7-24(28)31/h3,6,8-13,16,18,30,33H,2,4-5,7,14-15,17H2,1H3/b6-3+/t18-,26+/m1/s1. The summed E-state index contributed by atoms with van der Waals surface area (Å²) in [6, 6.07) is 13.2. The van der Waals surface area contributed by atoms with Gasteiger partial charge < -0.3 is 20.0 Å². The number of amides is 2. The zero-order chi connectivity index (χ0) is 23.6. The summed E-state index contributed by atoms with van der Waals surface area (Å²) in [6.07, 6.45) is 6.57. The van der Waals surface area contributed by atoms with Gasteiger partial charge in [-0.05, 0) is 55.2 Å². The van der Waals surface area contributed by atoms with Crippen LogP contribution in [0, 0.1) is 5.92 Å². The monoisotopic (exact) mass is 512 g/mol. The van der Waals surface area contributed by atoms with Crippen LogP contribution >= 0.6 is 15.9 Å². The van der Waals surface area contributed by atoms with E-state index in [4.69, 9.17) is 5.11 Å². The van der Waals surface area contributed by atoms with Crippen molar-refractivity contribution in [3.8, 4) is 0 Å². The number of anilines is 2. The molecule has 2 amide bonds. The van der Waals surface area contributed by atoms with E-state index < -0.39 is 11.5 Å². The third kappa shape index (κ3) is 4.50. The summed E-state index contributed by atoms with van der Waals surface area (Å²) in [4.78, 5) is 29.2. The van der Waals surface area contributed by atoms with Crippen molar-refractivity contribution in [2.45, 2.75) is 44.8 Å². The van der Waals surface area contributed by atoms with Crippen molar-refractivity contribution in [3.05, 3.63) is 70.2 Å². The first-order valence-corrected chi connectivity index (χ1v) is 12.2. The van der Waals surface area contributed by atoms with Gasteiger partial charge in [0.15, 0.2) is 5.60 Å². The average molecular weight is 513 g/mol. The van der Waals surface area contributed by atoms with Gasteiger partial charge >= 0.3 is 0 Å². The van der Waals surface area contributed by atoms with Gasteiger partial charge in [0.05, 0.1) is 12.2 Å². The summed E-state index contributed by atoms with van der Waals surface area (Å²) in [5.41, 5.74) is 1.35. The molecule has 0 spiro atoms. The third-order valence-corrected chi connectivity index (χ3v) is 7.02. The number of nitrogens with zero attached hydrogens (tertiary/aromatic N) is 2. The number of halogens is 1. The number of piperidine rings is 1. The molecule has 0 aromatic heterocycles. The van der Waals surface area contributed by atoms with E-state index in [0.717, 1.165) is 35.1 Å². The number of hydrogen-bond acceptors (Lipinski definition) is 4. The molecule has 174 valence electrons. The summed E-state index contributed by atoms with van der Waals surface area (Å²) < 4.78 is 0.788. The minimum absolute atomic E-state index is 0.0167.